The second-order valence-corrected chi connectivity index (χ2v) is 4.43. The summed E-state index contributed by atoms with van der Waals surface area (Å²) < 4.78 is 0. The van der Waals surface area contributed by atoms with Crippen LogP contribution in [0.1, 0.15) is 23.7 Å². The molecule has 0 fully saturated rings. The number of nitrogens with one attached hydrogen (secondary N) is 1. The minimum absolute atomic E-state index is 0.0302. The largest absolute Gasteiger partial charge is 0.364 e. The Morgan fingerprint density at radius 2 is 2.20 bits per heavy atom. The van der Waals surface area contributed by atoms with E-state index < -0.39 is 4.92 Å². The smallest absolute Gasteiger partial charge is 0.290 e. The van der Waals surface area contributed by atoms with Gasteiger partial charge in [-0.05, 0) is 31.0 Å². The maximum Gasteiger partial charge on any atom is 0.290 e. The van der Waals surface area contributed by atoms with Crippen molar-refractivity contribution in [3.63, 3.8) is 0 Å². The summed E-state index contributed by atoms with van der Waals surface area (Å²) in [5.74, 6) is 0.612. The average Bonchev–Trinajstić information content (AvgIpc) is 2.45. The van der Waals surface area contributed by atoms with Gasteiger partial charge in [0.2, 0.25) is 0 Å². The van der Waals surface area contributed by atoms with E-state index in [-0.39, 0.29) is 5.69 Å². The highest BCUT2D eigenvalue weighted by Crippen LogP contribution is 2.19. The Labute approximate surface area is 117 Å². The zero-order valence-electron chi connectivity index (χ0n) is 11.5. The van der Waals surface area contributed by atoms with Gasteiger partial charge >= 0.3 is 0 Å². The highest BCUT2D eigenvalue weighted by molar-refractivity contribution is 5.47. The van der Waals surface area contributed by atoms with Crippen LogP contribution in [-0.4, -0.2) is 14.9 Å². The van der Waals surface area contributed by atoms with E-state index in [1.807, 2.05) is 12.1 Å². The molecular formula is C14H16N4O2. The maximum atomic E-state index is 10.7. The van der Waals surface area contributed by atoms with Gasteiger partial charge in [0.05, 0.1) is 17.2 Å². The molecule has 0 aliphatic rings. The topological polar surface area (TPSA) is 81.0 Å². The molecule has 0 aliphatic carbocycles. The average molecular weight is 272 g/mol. The molecular weight excluding hydrogens is 256 g/mol. The molecule has 6 heteroatoms. The molecule has 0 saturated heterocycles. The SMILES string of the molecule is CCc1cccnc1CNc1cc(C)c([N+](=O)[O-])cn1. The van der Waals surface area contributed by atoms with Crippen LogP contribution in [0.4, 0.5) is 11.5 Å². The van der Waals surface area contributed by atoms with Crippen LogP contribution in [0.25, 0.3) is 0 Å². The predicted molar refractivity (Wildman–Crippen MR) is 76.6 cm³/mol. The van der Waals surface area contributed by atoms with Gasteiger partial charge < -0.3 is 5.32 Å². The van der Waals surface area contributed by atoms with Crippen molar-refractivity contribution < 1.29 is 4.92 Å². The van der Waals surface area contributed by atoms with Gasteiger partial charge in [0.1, 0.15) is 12.0 Å². The van der Waals surface area contributed by atoms with Gasteiger partial charge in [-0.1, -0.05) is 13.0 Å². The van der Waals surface area contributed by atoms with Crippen molar-refractivity contribution in [2.45, 2.75) is 26.8 Å². The third-order valence-corrected chi connectivity index (χ3v) is 3.08. The lowest BCUT2D eigenvalue weighted by molar-refractivity contribution is -0.385. The molecule has 0 aromatic carbocycles. The van der Waals surface area contributed by atoms with E-state index >= 15 is 0 Å². The first-order valence-corrected chi connectivity index (χ1v) is 6.39. The van der Waals surface area contributed by atoms with Crippen molar-refractivity contribution in [2.75, 3.05) is 5.32 Å². The van der Waals surface area contributed by atoms with Gasteiger partial charge in [-0.2, -0.15) is 0 Å². The molecule has 0 bridgehead atoms. The predicted octanol–water partition coefficient (Wildman–Crippen LogP) is 2.87. The number of rotatable bonds is 5. The number of hydrogen-bond acceptors (Lipinski definition) is 5. The molecule has 20 heavy (non-hydrogen) atoms. The first-order valence-electron chi connectivity index (χ1n) is 6.39. The highest BCUT2D eigenvalue weighted by atomic mass is 16.6. The zero-order valence-corrected chi connectivity index (χ0v) is 11.5. The van der Waals surface area contributed by atoms with E-state index in [1.54, 1.807) is 19.2 Å². The number of nitrogens with zero attached hydrogens (tertiary/aromatic N) is 3. The first-order chi connectivity index (χ1) is 9.61. The van der Waals surface area contributed by atoms with Gasteiger partial charge in [0.15, 0.2) is 0 Å². The summed E-state index contributed by atoms with van der Waals surface area (Å²) in [4.78, 5) is 18.7. The molecule has 0 radical (unpaired) electrons. The van der Waals surface area contributed by atoms with Crippen molar-refractivity contribution in [2.24, 2.45) is 0 Å². The van der Waals surface area contributed by atoms with Crippen molar-refractivity contribution in [3.8, 4) is 0 Å². The second kappa shape index (κ2) is 6.10. The maximum absolute atomic E-state index is 10.7. The molecule has 1 N–H and O–H groups in total. The molecule has 2 heterocycles. The van der Waals surface area contributed by atoms with Crippen molar-refractivity contribution in [1.82, 2.24) is 9.97 Å². The van der Waals surface area contributed by atoms with Gasteiger partial charge in [-0.15, -0.1) is 0 Å². The second-order valence-electron chi connectivity index (χ2n) is 4.43. The van der Waals surface area contributed by atoms with Crippen LogP contribution in [0.15, 0.2) is 30.6 Å². The summed E-state index contributed by atoms with van der Waals surface area (Å²) in [6.45, 7) is 4.33. The third-order valence-electron chi connectivity index (χ3n) is 3.08. The van der Waals surface area contributed by atoms with E-state index in [9.17, 15) is 10.1 Å². The fourth-order valence-corrected chi connectivity index (χ4v) is 1.96. The number of aromatic nitrogens is 2. The Morgan fingerprint density at radius 1 is 1.40 bits per heavy atom. The van der Waals surface area contributed by atoms with Crippen molar-refractivity contribution in [3.05, 3.63) is 57.5 Å². The molecule has 0 atom stereocenters. The van der Waals surface area contributed by atoms with Crippen LogP contribution >= 0.6 is 0 Å². The number of anilines is 1. The molecule has 2 aromatic rings. The van der Waals surface area contributed by atoms with Crippen LogP contribution in [0.2, 0.25) is 0 Å². The van der Waals surface area contributed by atoms with E-state index in [0.29, 0.717) is 17.9 Å². The van der Waals surface area contributed by atoms with Crippen LogP contribution in [-0.2, 0) is 13.0 Å². The summed E-state index contributed by atoms with van der Waals surface area (Å²) in [5.41, 5.74) is 2.76. The van der Waals surface area contributed by atoms with Gasteiger partial charge in [0, 0.05) is 11.8 Å². The van der Waals surface area contributed by atoms with E-state index in [2.05, 4.69) is 22.2 Å². The van der Waals surface area contributed by atoms with Crippen LogP contribution in [0.5, 0.6) is 0 Å². The van der Waals surface area contributed by atoms with Crippen LogP contribution < -0.4 is 5.32 Å². The van der Waals surface area contributed by atoms with Gasteiger partial charge in [0.25, 0.3) is 5.69 Å². The molecule has 0 unspecified atom stereocenters. The lowest BCUT2D eigenvalue weighted by atomic mass is 10.1. The molecule has 104 valence electrons. The summed E-state index contributed by atoms with van der Waals surface area (Å²) >= 11 is 0. The monoisotopic (exact) mass is 272 g/mol. The Morgan fingerprint density at radius 3 is 2.85 bits per heavy atom. The first kappa shape index (κ1) is 13.9. The van der Waals surface area contributed by atoms with Crippen molar-refractivity contribution in [1.29, 1.82) is 0 Å². The summed E-state index contributed by atoms with van der Waals surface area (Å²) in [6.07, 6.45) is 3.94. The Bertz CT molecular complexity index is 628. The molecule has 0 saturated carbocycles. The van der Waals surface area contributed by atoms with E-state index in [0.717, 1.165) is 12.1 Å². The lowest BCUT2D eigenvalue weighted by Gasteiger charge is -2.09. The molecule has 0 spiro atoms. The lowest BCUT2D eigenvalue weighted by Crippen LogP contribution is -2.06. The summed E-state index contributed by atoms with van der Waals surface area (Å²) in [5, 5.41) is 13.9. The quantitative estimate of drug-likeness (QED) is 0.668. The standard InChI is InChI=1S/C14H16N4O2/c1-3-11-5-4-6-15-12(11)8-16-14-7-10(2)13(9-17-14)18(19)20/h4-7,9H,3,8H2,1-2H3,(H,16,17). The van der Waals surface area contributed by atoms with Crippen molar-refractivity contribution >= 4 is 11.5 Å². The fourth-order valence-electron chi connectivity index (χ4n) is 1.96. The zero-order chi connectivity index (χ0) is 14.5. The number of pyridine rings is 2. The minimum atomic E-state index is -0.431. The van der Waals surface area contributed by atoms with Gasteiger partial charge in [-0.3, -0.25) is 15.1 Å². The van der Waals surface area contributed by atoms with E-state index in [1.165, 1.54) is 11.8 Å². The Balaban J connectivity index is 2.11. The fraction of sp³-hybridized carbons (Fsp3) is 0.286. The molecule has 2 rings (SSSR count). The van der Waals surface area contributed by atoms with E-state index in [4.69, 9.17) is 0 Å². The molecule has 2 aromatic heterocycles. The van der Waals surface area contributed by atoms with Crippen LogP contribution in [0, 0.1) is 17.0 Å². The van der Waals surface area contributed by atoms with Crippen LogP contribution in [0.3, 0.4) is 0 Å². The number of hydrogen-bond donors (Lipinski definition) is 1. The molecule has 0 aliphatic heterocycles. The Kier molecular flexibility index (Phi) is 4.24. The normalized spacial score (nSPS) is 10.3. The minimum Gasteiger partial charge on any atom is -0.364 e. The third kappa shape index (κ3) is 3.09. The highest BCUT2D eigenvalue weighted by Gasteiger charge is 2.11. The molecule has 0 amide bonds. The summed E-state index contributed by atoms with van der Waals surface area (Å²) in [6, 6.07) is 5.63. The molecule has 6 nitrogen and oxygen atoms in total. The Hall–Kier alpha value is -2.50. The number of aryl methyl sites for hydroxylation is 2. The summed E-state index contributed by atoms with van der Waals surface area (Å²) in [7, 11) is 0. The van der Waals surface area contributed by atoms with Gasteiger partial charge in [-0.25, -0.2) is 4.98 Å². The number of nitro groups is 1.